The standard InChI is InChI=1S/C18H20N6O2/c1-11-6-12(9-24(8-11)18(25)26)23-16-13-2-5-20-17(13)21-7-14(16)15-3-4-19-10-22-15/h2-5,7,10-12H,6,8-9H2,1H3,(H,25,26)(H2,20,21,23)/t11-,12+/m1/s1. The third-order valence-corrected chi connectivity index (χ3v) is 4.72. The lowest BCUT2D eigenvalue weighted by molar-refractivity contribution is 0.119. The zero-order chi connectivity index (χ0) is 18.1. The van der Waals surface area contributed by atoms with Gasteiger partial charge in [0.15, 0.2) is 0 Å². The lowest BCUT2D eigenvalue weighted by Crippen LogP contribution is -2.47. The van der Waals surface area contributed by atoms with E-state index in [9.17, 15) is 9.90 Å². The number of piperidine rings is 1. The summed E-state index contributed by atoms with van der Waals surface area (Å²) in [6.45, 7) is 3.10. The van der Waals surface area contributed by atoms with E-state index in [0.29, 0.717) is 19.0 Å². The maximum atomic E-state index is 11.4. The van der Waals surface area contributed by atoms with Crippen LogP contribution in [0.15, 0.2) is 37.1 Å². The Hall–Kier alpha value is -3.16. The van der Waals surface area contributed by atoms with E-state index in [-0.39, 0.29) is 6.04 Å². The molecule has 1 aliphatic rings. The summed E-state index contributed by atoms with van der Waals surface area (Å²) in [6.07, 6.45) is 6.87. The van der Waals surface area contributed by atoms with Crippen molar-refractivity contribution in [3.05, 3.63) is 37.1 Å². The number of likely N-dealkylation sites (tertiary alicyclic amines) is 1. The molecule has 0 aromatic carbocycles. The summed E-state index contributed by atoms with van der Waals surface area (Å²) in [7, 11) is 0. The molecule has 134 valence electrons. The molecule has 1 fully saturated rings. The molecule has 0 radical (unpaired) electrons. The molecule has 26 heavy (non-hydrogen) atoms. The summed E-state index contributed by atoms with van der Waals surface area (Å²) >= 11 is 0. The molecule has 0 spiro atoms. The first-order valence-corrected chi connectivity index (χ1v) is 8.58. The molecule has 1 aliphatic heterocycles. The van der Waals surface area contributed by atoms with E-state index in [4.69, 9.17) is 0 Å². The molecule has 4 heterocycles. The first-order valence-electron chi connectivity index (χ1n) is 8.58. The first-order chi connectivity index (χ1) is 12.6. The highest BCUT2D eigenvalue weighted by Gasteiger charge is 2.28. The fourth-order valence-corrected chi connectivity index (χ4v) is 3.62. The van der Waals surface area contributed by atoms with E-state index in [2.05, 4.69) is 32.2 Å². The van der Waals surface area contributed by atoms with Crippen molar-refractivity contribution in [1.29, 1.82) is 0 Å². The molecule has 1 saturated heterocycles. The summed E-state index contributed by atoms with van der Waals surface area (Å²) in [5.41, 5.74) is 3.35. The number of carbonyl (C=O) groups is 1. The fourth-order valence-electron chi connectivity index (χ4n) is 3.62. The highest BCUT2D eigenvalue weighted by Crippen LogP contribution is 2.33. The number of fused-ring (bicyclic) bond motifs is 1. The van der Waals surface area contributed by atoms with Gasteiger partial charge in [0.2, 0.25) is 0 Å². The largest absolute Gasteiger partial charge is 0.465 e. The minimum atomic E-state index is -0.874. The maximum absolute atomic E-state index is 11.4. The van der Waals surface area contributed by atoms with Gasteiger partial charge < -0.3 is 20.3 Å². The minimum absolute atomic E-state index is 0.0240. The van der Waals surface area contributed by atoms with E-state index in [1.165, 1.54) is 11.2 Å². The van der Waals surface area contributed by atoms with Crippen LogP contribution in [0.4, 0.5) is 10.5 Å². The van der Waals surface area contributed by atoms with Gasteiger partial charge in [-0.1, -0.05) is 6.92 Å². The predicted octanol–water partition coefficient (Wildman–Crippen LogP) is 2.82. The van der Waals surface area contributed by atoms with Crippen LogP contribution in [0.1, 0.15) is 13.3 Å². The number of nitrogens with zero attached hydrogens (tertiary/aromatic N) is 4. The normalized spacial score (nSPS) is 20.3. The fraction of sp³-hybridized carbons (Fsp3) is 0.333. The predicted molar refractivity (Wildman–Crippen MR) is 97.9 cm³/mol. The van der Waals surface area contributed by atoms with Crippen molar-refractivity contribution >= 4 is 22.8 Å². The van der Waals surface area contributed by atoms with E-state index in [1.54, 1.807) is 12.4 Å². The Morgan fingerprint density at radius 2 is 2.23 bits per heavy atom. The molecule has 0 unspecified atom stereocenters. The molecule has 0 aliphatic carbocycles. The highest BCUT2D eigenvalue weighted by molar-refractivity contribution is 5.97. The van der Waals surface area contributed by atoms with E-state index in [0.717, 1.165) is 34.4 Å². The second-order valence-electron chi connectivity index (χ2n) is 6.75. The summed E-state index contributed by atoms with van der Waals surface area (Å²) in [5, 5.41) is 13.9. The van der Waals surface area contributed by atoms with Crippen molar-refractivity contribution in [2.24, 2.45) is 5.92 Å². The number of aromatic amines is 1. The van der Waals surface area contributed by atoms with Crippen LogP contribution in [-0.2, 0) is 0 Å². The van der Waals surface area contributed by atoms with Crippen LogP contribution in [-0.4, -0.2) is 55.2 Å². The van der Waals surface area contributed by atoms with Crippen LogP contribution < -0.4 is 5.32 Å². The monoisotopic (exact) mass is 352 g/mol. The highest BCUT2D eigenvalue weighted by atomic mass is 16.4. The SMILES string of the molecule is C[C@@H]1C[C@H](Nc2c(-c3ccncn3)cnc3[nH]ccc23)CN(C(=O)O)C1. The van der Waals surface area contributed by atoms with Gasteiger partial charge in [0, 0.05) is 48.7 Å². The third kappa shape index (κ3) is 3.05. The van der Waals surface area contributed by atoms with Crippen LogP contribution >= 0.6 is 0 Å². The Bertz CT molecular complexity index is 926. The molecular weight excluding hydrogens is 332 g/mol. The Kier molecular flexibility index (Phi) is 4.16. The van der Waals surface area contributed by atoms with Crippen LogP contribution in [0.3, 0.4) is 0 Å². The summed E-state index contributed by atoms with van der Waals surface area (Å²) in [5.74, 6) is 0.295. The molecule has 3 aromatic heterocycles. The number of hydrogen-bond acceptors (Lipinski definition) is 5. The number of pyridine rings is 1. The van der Waals surface area contributed by atoms with E-state index >= 15 is 0 Å². The van der Waals surface area contributed by atoms with Crippen molar-refractivity contribution in [3.63, 3.8) is 0 Å². The van der Waals surface area contributed by atoms with Crippen molar-refractivity contribution in [2.45, 2.75) is 19.4 Å². The summed E-state index contributed by atoms with van der Waals surface area (Å²) < 4.78 is 0. The molecule has 2 atom stereocenters. The number of rotatable bonds is 3. The Morgan fingerprint density at radius 1 is 1.35 bits per heavy atom. The van der Waals surface area contributed by atoms with Crippen LogP contribution in [0.25, 0.3) is 22.3 Å². The number of amides is 1. The third-order valence-electron chi connectivity index (χ3n) is 4.72. The molecular formula is C18H20N6O2. The van der Waals surface area contributed by atoms with Crippen molar-refractivity contribution in [2.75, 3.05) is 18.4 Å². The van der Waals surface area contributed by atoms with Crippen molar-refractivity contribution in [3.8, 4) is 11.3 Å². The Labute approximate surface area is 150 Å². The van der Waals surface area contributed by atoms with Gasteiger partial charge >= 0.3 is 6.09 Å². The number of aromatic nitrogens is 4. The number of carboxylic acid groups (broad SMARTS) is 1. The van der Waals surface area contributed by atoms with Crippen molar-refractivity contribution < 1.29 is 9.90 Å². The summed E-state index contributed by atoms with van der Waals surface area (Å²) in [4.78, 5) is 28.8. The molecule has 1 amide bonds. The van der Waals surface area contributed by atoms with Gasteiger partial charge in [-0.2, -0.15) is 0 Å². The quantitative estimate of drug-likeness (QED) is 0.669. The van der Waals surface area contributed by atoms with E-state index < -0.39 is 6.09 Å². The molecule has 0 saturated carbocycles. The zero-order valence-electron chi connectivity index (χ0n) is 14.4. The molecule has 4 rings (SSSR count). The smallest absolute Gasteiger partial charge is 0.407 e. The van der Waals surface area contributed by atoms with Gasteiger partial charge in [-0.15, -0.1) is 0 Å². The number of nitrogens with one attached hydrogen (secondary N) is 2. The molecule has 3 N–H and O–H groups in total. The Morgan fingerprint density at radius 3 is 3.00 bits per heavy atom. The first kappa shape index (κ1) is 16.3. The second kappa shape index (κ2) is 6.62. The zero-order valence-corrected chi connectivity index (χ0v) is 14.4. The van der Waals surface area contributed by atoms with Gasteiger partial charge in [0.25, 0.3) is 0 Å². The second-order valence-corrected chi connectivity index (χ2v) is 6.75. The van der Waals surface area contributed by atoms with Crippen LogP contribution in [0, 0.1) is 5.92 Å². The van der Waals surface area contributed by atoms with Crippen molar-refractivity contribution in [1.82, 2.24) is 24.8 Å². The van der Waals surface area contributed by atoms with Crippen LogP contribution in [0.5, 0.6) is 0 Å². The number of hydrogen-bond donors (Lipinski definition) is 3. The molecule has 8 heteroatoms. The minimum Gasteiger partial charge on any atom is -0.465 e. The van der Waals surface area contributed by atoms with Gasteiger partial charge in [0.05, 0.1) is 11.4 Å². The maximum Gasteiger partial charge on any atom is 0.407 e. The topological polar surface area (TPSA) is 107 Å². The number of H-pyrrole nitrogens is 1. The summed E-state index contributed by atoms with van der Waals surface area (Å²) in [6, 6.07) is 3.83. The molecule has 8 nitrogen and oxygen atoms in total. The molecule has 0 bridgehead atoms. The van der Waals surface area contributed by atoms with Gasteiger partial charge in [-0.05, 0) is 24.5 Å². The Balaban J connectivity index is 1.73. The lowest BCUT2D eigenvalue weighted by Gasteiger charge is -2.36. The van der Waals surface area contributed by atoms with E-state index in [1.807, 2.05) is 18.3 Å². The van der Waals surface area contributed by atoms with Gasteiger partial charge in [-0.3, -0.25) is 0 Å². The molecule has 3 aromatic rings. The lowest BCUT2D eigenvalue weighted by atomic mass is 9.95. The van der Waals surface area contributed by atoms with Gasteiger partial charge in [-0.25, -0.2) is 19.7 Å². The van der Waals surface area contributed by atoms with Gasteiger partial charge in [0.1, 0.15) is 12.0 Å². The number of anilines is 1. The van der Waals surface area contributed by atoms with Crippen LogP contribution in [0.2, 0.25) is 0 Å². The average molecular weight is 352 g/mol. The average Bonchev–Trinajstić information content (AvgIpc) is 3.11.